The minimum absolute atomic E-state index is 0.120. The maximum Gasteiger partial charge on any atom is 0.340 e. The van der Waals surface area contributed by atoms with Gasteiger partial charge in [0.05, 0.1) is 11.3 Å². The molecule has 0 spiro atoms. The number of hydrogen-bond acceptors (Lipinski definition) is 3. The molecule has 2 aliphatic rings. The molecule has 1 aliphatic heterocycles. The molecular weight excluding hydrogens is 364 g/mol. The predicted octanol–water partition coefficient (Wildman–Crippen LogP) is 4.49. The number of para-hydroxylation sites is 1. The number of benzene rings is 1. The van der Waals surface area contributed by atoms with E-state index in [1.807, 2.05) is 52.1 Å². The molecule has 5 nitrogen and oxygen atoms in total. The molecule has 0 aromatic heterocycles. The van der Waals surface area contributed by atoms with E-state index in [4.69, 9.17) is 4.74 Å². The van der Waals surface area contributed by atoms with Crippen LogP contribution in [-0.2, 0) is 9.53 Å². The molecule has 5 heteroatoms. The van der Waals surface area contributed by atoms with Crippen LogP contribution in [0.15, 0.2) is 30.4 Å². The first-order valence-corrected chi connectivity index (χ1v) is 10.6. The molecule has 1 N–H and O–H groups in total. The zero-order valence-corrected chi connectivity index (χ0v) is 18.0. The van der Waals surface area contributed by atoms with Crippen LogP contribution in [0.5, 0.6) is 0 Å². The maximum atomic E-state index is 12.9. The van der Waals surface area contributed by atoms with E-state index in [1.54, 1.807) is 6.07 Å². The van der Waals surface area contributed by atoms with E-state index in [2.05, 4.69) is 16.0 Å². The molecule has 3 rings (SSSR count). The van der Waals surface area contributed by atoms with Crippen LogP contribution in [0.4, 0.5) is 5.69 Å². The van der Waals surface area contributed by atoms with Crippen molar-refractivity contribution in [3.8, 4) is 0 Å². The number of nitrogens with one attached hydrogen (secondary N) is 1. The van der Waals surface area contributed by atoms with Gasteiger partial charge in [0.1, 0.15) is 5.60 Å². The van der Waals surface area contributed by atoms with Crippen molar-refractivity contribution in [2.24, 2.45) is 5.92 Å². The summed E-state index contributed by atoms with van der Waals surface area (Å²) in [5.74, 6) is 0.0678. The highest BCUT2D eigenvalue weighted by atomic mass is 16.6. The summed E-state index contributed by atoms with van der Waals surface area (Å²) in [6, 6.07) is 5.69. The molecule has 0 saturated heterocycles. The summed E-state index contributed by atoms with van der Waals surface area (Å²) in [5.41, 5.74) is 1.17. The van der Waals surface area contributed by atoms with Gasteiger partial charge in [0.15, 0.2) is 12.3 Å². The number of allylic oxidation sites excluding steroid dienone is 1. The van der Waals surface area contributed by atoms with Crippen LogP contribution < -0.4 is 5.32 Å². The first-order valence-electron chi connectivity index (χ1n) is 10.6. The number of carbonyl (C=O) groups is 2. The average molecular weight is 398 g/mol. The number of anilines is 1. The topological polar surface area (TPSA) is 58.4 Å². The Balaban J connectivity index is 1.70. The lowest BCUT2D eigenvalue weighted by Gasteiger charge is -2.24. The zero-order chi connectivity index (χ0) is 21.0. The second-order valence-electron chi connectivity index (χ2n) is 9.14. The molecule has 0 bridgehead atoms. The summed E-state index contributed by atoms with van der Waals surface area (Å²) in [7, 11) is 0. The summed E-state index contributed by atoms with van der Waals surface area (Å²) in [6.07, 6.45) is 12.6. The fraction of sp³-hybridized carbons (Fsp3) is 0.542. The molecule has 1 aromatic carbocycles. The largest absolute Gasteiger partial charge is 0.456 e. The molecule has 1 atom stereocenters. The fourth-order valence-electron chi connectivity index (χ4n) is 4.23. The Labute approximate surface area is 173 Å². The van der Waals surface area contributed by atoms with Gasteiger partial charge in [-0.3, -0.25) is 4.79 Å². The van der Waals surface area contributed by atoms with Crippen LogP contribution in [0.2, 0.25) is 0 Å². The van der Waals surface area contributed by atoms with Gasteiger partial charge in [-0.05, 0) is 58.2 Å². The van der Waals surface area contributed by atoms with Gasteiger partial charge in [-0.25, -0.2) is 9.37 Å². The van der Waals surface area contributed by atoms with Crippen LogP contribution in [0.3, 0.4) is 0 Å². The Hall–Kier alpha value is -2.43. The molecule has 0 radical (unpaired) electrons. The summed E-state index contributed by atoms with van der Waals surface area (Å²) in [4.78, 5) is 25.5. The van der Waals surface area contributed by atoms with Gasteiger partial charge in [0, 0.05) is 12.0 Å². The van der Waals surface area contributed by atoms with Gasteiger partial charge in [-0.2, -0.15) is 0 Å². The number of carbonyl (C=O) groups excluding carboxylic acids is 2. The van der Waals surface area contributed by atoms with Gasteiger partial charge < -0.3 is 10.1 Å². The Morgan fingerprint density at radius 1 is 1.17 bits per heavy atom. The smallest absolute Gasteiger partial charge is 0.340 e. The third kappa shape index (κ3) is 5.55. The lowest BCUT2D eigenvalue weighted by atomic mass is 9.84. The summed E-state index contributed by atoms with van der Waals surface area (Å²) in [5, 5.41) is 2.97. The lowest BCUT2D eigenvalue weighted by Crippen LogP contribution is -2.36. The quantitative estimate of drug-likeness (QED) is 0.588. The number of aryl methyl sites for hydroxylation is 1. The first kappa shape index (κ1) is 21.3. The Bertz CT molecular complexity index is 827. The van der Waals surface area contributed by atoms with E-state index in [-0.39, 0.29) is 12.5 Å². The molecule has 1 fully saturated rings. The number of ether oxygens (including phenoxy) is 1. The normalized spacial score (nSPS) is 19.7. The van der Waals surface area contributed by atoms with E-state index in [9.17, 15) is 9.59 Å². The minimum atomic E-state index is -0.592. The van der Waals surface area contributed by atoms with E-state index in [0.717, 1.165) is 5.56 Å². The summed E-state index contributed by atoms with van der Waals surface area (Å²) in [6.45, 7) is 7.66. The third-order valence-electron chi connectivity index (χ3n) is 5.58. The van der Waals surface area contributed by atoms with Crippen molar-refractivity contribution in [1.82, 2.24) is 0 Å². The molecule has 1 aromatic rings. The van der Waals surface area contributed by atoms with E-state index >= 15 is 0 Å². The van der Waals surface area contributed by atoms with Crippen LogP contribution in [0.1, 0.15) is 68.8 Å². The van der Waals surface area contributed by atoms with Crippen LogP contribution >= 0.6 is 0 Å². The second-order valence-corrected chi connectivity index (χ2v) is 9.14. The van der Waals surface area contributed by atoms with Gasteiger partial charge in [0.25, 0.3) is 5.91 Å². The van der Waals surface area contributed by atoms with Crippen molar-refractivity contribution in [3.63, 3.8) is 0 Å². The van der Waals surface area contributed by atoms with Crippen molar-refractivity contribution in [2.75, 3.05) is 11.9 Å². The second kappa shape index (κ2) is 8.93. The van der Waals surface area contributed by atoms with Crippen molar-refractivity contribution in [1.29, 1.82) is 0 Å². The molecule has 1 amide bonds. The Kier molecular flexibility index (Phi) is 6.56. The number of esters is 1. The van der Waals surface area contributed by atoms with Crippen LogP contribution in [0.25, 0.3) is 0 Å². The van der Waals surface area contributed by atoms with Crippen molar-refractivity contribution in [3.05, 3.63) is 41.5 Å². The van der Waals surface area contributed by atoms with Gasteiger partial charge in [0.2, 0.25) is 6.54 Å². The first-order chi connectivity index (χ1) is 13.7. The zero-order valence-electron chi connectivity index (χ0n) is 18.0. The molecule has 1 saturated carbocycles. The minimum Gasteiger partial charge on any atom is -0.456 e. The number of hydrogen-bond donors (Lipinski definition) is 1. The highest BCUT2D eigenvalue weighted by Gasteiger charge is 2.33. The van der Waals surface area contributed by atoms with Gasteiger partial charge >= 0.3 is 5.97 Å². The Morgan fingerprint density at radius 2 is 1.90 bits per heavy atom. The van der Waals surface area contributed by atoms with Crippen molar-refractivity contribution in [2.45, 2.75) is 71.4 Å². The maximum absolute atomic E-state index is 12.9. The average Bonchev–Trinajstić information content (AvgIpc) is 3.10. The third-order valence-corrected chi connectivity index (χ3v) is 5.58. The van der Waals surface area contributed by atoms with E-state index in [0.29, 0.717) is 23.2 Å². The molecule has 1 heterocycles. The van der Waals surface area contributed by atoms with E-state index < -0.39 is 11.6 Å². The SMILES string of the molecule is Cc1cccc(C(=O)OC(C)(C)C)c1NC(=O)C[N+]1=CC=CC1C1CCCCC1. The number of nitrogens with zero attached hydrogens (tertiary/aromatic N) is 1. The predicted molar refractivity (Wildman–Crippen MR) is 116 cm³/mol. The number of amides is 1. The van der Waals surface area contributed by atoms with Gasteiger partial charge in [-0.1, -0.05) is 31.4 Å². The van der Waals surface area contributed by atoms with Crippen LogP contribution in [0, 0.1) is 12.8 Å². The number of rotatable bonds is 5. The molecule has 1 aliphatic carbocycles. The lowest BCUT2D eigenvalue weighted by molar-refractivity contribution is -0.544. The summed E-state index contributed by atoms with van der Waals surface area (Å²) < 4.78 is 7.64. The van der Waals surface area contributed by atoms with Crippen LogP contribution in [-0.4, -0.2) is 40.9 Å². The van der Waals surface area contributed by atoms with Crippen molar-refractivity contribution >= 4 is 23.8 Å². The molecule has 29 heavy (non-hydrogen) atoms. The molecule has 1 unspecified atom stereocenters. The Morgan fingerprint density at radius 3 is 2.59 bits per heavy atom. The molecule has 156 valence electrons. The summed E-state index contributed by atoms with van der Waals surface area (Å²) >= 11 is 0. The molecular formula is C24H33N2O3+. The highest BCUT2D eigenvalue weighted by Crippen LogP contribution is 2.29. The highest BCUT2D eigenvalue weighted by molar-refractivity contribution is 6.02. The van der Waals surface area contributed by atoms with Crippen molar-refractivity contribution < 1.29 is 18.9 Å². The monoisotopic (exact) mass is 397 g/mol. The van der Waals surface area contributed by atoms with Gasteiger partial charge in [-0.15, -0.1) is 0 Å². The fourth-order valence-corrected chi connectivity index (χ4v) is 4.23. The van der Waals surface area contributed by atoms with E-state index in [1.165, 1.54) is 32.1 Å². The standard InChI is InChI=1S/C24H32N2O3/c1-17-10-8-13-19(23(28)29-24(2,3)4)22(17)25-21(27)16-26-15-9-14-20(26)18-11-6-5-7-12-18/h8-10,13-15,18,20H,5-7,11-12,16H2,1-4H3/p+1.